The molecule has 1 amide bonds. The van der Waals surface area contributed by atoms with Gasteiger partial charge in [-0.25, -0.2) is 9.79 Å². The number of piperazine rings is 1. The molecule has 1 aliphatic rings. The van der Waals surface area contributed by atoms with Gasteiger partial charge < -0.3 is 29.7 Å². The number of H-pyrrole nitrogens is 1. The molecule has 2 heterocycles. The van der Waals surface area contributed by atoms with Crippen molar-refractivity contribution in [1.29, 1.82) is 0 Å². The van der Waals surface area contributed by atoms with E-state index >= 15 is 0 Å². The van der Waals surface area contributed by atoms with E-state index in [1.807, 2.05) is 36.4 Å². The Balaban J connectivity index is 1.48. The number of fused-ring (bicyclic) bond motifs is 1. The molecule has 3 N–H and O–H groups in total. The summed E-state index contributed by atoms with van der Waals surface area (Å²) in [6, 6.07) is 19.2. The standard InChI is InChI=1S/C31H33N5O5/c1-34-14-16-36(17-15-34)19-27(37)35(2)23-9-7-22(8-10-23)32-29(20-4-11-24(41-3)12-5-20)28-25-18-21(31(39)40)6-13-26(25)33-30(28)38/h4-13,18,33,38H,14-17,19H2,1-3H3,(H,39,40). The Labute approximate surface area is 238 Å². The van der Waals surface area contributed by atoms with E-state index in [1.165, 1.54) is 12.1 Å². The Morgan fingerprint density at radius 2 is 1.63 bits per heavy atom. The lowest BCUT2D eigenvalue weighted by molar-refractivity contribution is -0.119. The molecule has 1 aromatic heterocycles. The maximum Gasteiger partial charge on any atom is 0.335 e. The second-order valence-corrected chi connectivity index (χ2v) is 10.2. The maximum atomic E-state index is 12.9. The summed E-state index contributed by atoms with van der Waals surface area (Å²) in [5.74, 6) is -0.507. The van der Waals surface area contributed by atoms with Gasteiger partial charge in [-0.15, -0.1) is 0 Å². The van der Waals surface area contributed by atoms with Crippen molar-refractivity contribution in [2.24, 2.45) is 4.99 Å². The van der Waals surface area contributed by atoms with Crippen LogP contribution >= 0.6 is 0 Å². The Kier molecular flexibility index (Phi) is 8.04. The van der Waals surface area contributed by atoms with Crippen molar-refractivity contribution in [3.8, 4) is 11.6 Å². The van der Waals surface area contributed by atoms with Gasteiger partial charge in [0.15, 0.2) is 5.88 Å². The molecule has 10 heteroatoms. The van der Waals surface area contributed by atoms with Crippen LogP contribution in [0, 0.1) is 0 Å². The van der Waals surface area contributed by atoms with Gasteiger partial charge in [0.1, 0.15) is 5.75 Å². The number of anilines is 1. The van der Waals surface area contributed by atoms with Gasteiger partial charge in [-0.05, 0) is 73.8 Å². The summed E-state index contributed by atoms with van der Waals surface area (Å²) in [6.07, 6.45) is 0. The van der Waals surface area contributed by atoms with E-state index in [0.717, 1.165) is 31.9 Å². The highest BCUT2D eigenvalue weighted by Gasteiger charge is 2.21. The fourth-order valence-electron chi connectivity index (χ4n) is 4.89. The molecular formula is C31H33N5O5. The topological polar surface area (TPSA) is 122 Å². The summed E-state index contributed by atoms with van der Waals surface area (Å²) in [5, 5.41) is 21.0. The van der Waals surface area contributed by atoms with E-state index in [9.17, 15) is 19.8 Å². The van der Waals surface area contributed by atoms with Crippen LogP contribution in [0.1, 0.15) is 21.5 Å². The van der Waals surface area contributed by atoms with Crippen LogP contribution in [0.3, 0.4) is 0 Å². The number of hydrogen-bond acceptors (Lipinski definition) is 7. The number of benzene rings is 3. The summed E-state index contributed by atoms with van der Waals surface area (Å²) >= 11 is 0. The number of rotatable bonds is 8. The van der Waals surface area contributed by atoms with Gasteiger partial charge in [0, 0.05) is 55.4 Å². The zero-order chi connectivity index (χ0) is 29.1. The summed E-state index contributed by atoms with van der Waals surface area (Å²) in [7, 11) is 5.43. The number of carbonyl (C=O) groups excluding carboxylic acids is 1. The van der Waals surface area contributed by atoms with Crippen molar-refractivity contribution in [2.75, 3.05) is 58.8 Å². The van der Waals surface area contributed by atoms with E-state index in [1.54, 1.807) is 37.3 Å². The molecule has 1 fully saturated rings. The molecule has 10 nitrogen and oxygen atoms in total. The minimum Gasteiger partial charge on any atom is -0.497 e. The number of carboxylic acid groups (broad SMARTS) is 1. The van der Waals surface area contributed by atoms with Crippen LogP contribution in [-0.4, -0.2) is 96.5 Å². The minimum atomic E-state index is -1.07. The van der Waals surface area contributed by atoms with Crippen LogP contribution in [0.15, 0.2) is 71.7 Å². The quantitative estimate of drug-likeness (QED) is 0.282. The maximum absolute atomic E-state index is 12.9. The summed E-state index contributed by atoms with van der Waals surface area (Å²) in [5.41, 5.74) is 3.56. The van der Waals surface area contributed by atoms with E-state index in [2.05, 4.69) is 21.8 Å². The number of aliphatic imine (C=N–C) groups is 1. The first-order valence-corrected chi connectivity index (χ1v) is 13.3. The first kappa shape index (κ1) is 27.9. The Morgan fingerprint density at radius 3 is 2.27 bits per heavy atom. The molecule has 1 saturated heterocycles. The third-order valence-corrected chi connectivity index (χ3v) is 7.43. The molecule has 3 aromatic carbocycles. The monoisotopic (exact) mass is 555 g/mol. The summed E-state index contributed by atoms with van der Waals surface area (Å²) in [6.45, 7) is 4.00. The van der Waals surface area contributed by atoms with Crippen LogP contribution in [0.2, 0.25) is 0 Å². The van der Waals surface area contributed by atoms with E-state index in [-0.39, 0.29) is 17.4 Å². The Bertz CT molecular complexity index is 1590. The SMILES string of the molecule is COc1ccc(C(=Nc2ccc(N(C)C(=O)CN3CCN(C)CC3)cc2)c2c(O)[nH]c3ccc(C(=O)O)cc23)cc1. The fourth-order valence-corrected chi connectivity index (χ4v) is 4.89. The fraction of sp³-hybridized carbons (Fsp3) is 0.258. The van der Waals surface area contributed by atoms with Gasteiger partial charge in [-0.3, -0.25) is 9.69 Å². The number of carboxylic acids is 1. The highest BCUT2D eigenvalue weighted by atomic mass is 16.5. The number of aromatic hydroxyl groups is 1. The number of aromatic carboxylic acids is 1. The van der Waals surface area contributed by atoms with E-state index < -0.39 is 5.97 Å². The number of ether oxygens (including phenoxy) is 1. The van der Waals surface area contributed by atoms with Crippen molar-refractivity contribution in [2.45, 2.75) is 0 Å². The van der Waals surface area contributed by atoms with Gasteiger partial charge in [0.05, 0.1) is 36.2 Å². The highest BCUT2D eigenvalue weighted by molar-refractivity contribution is 6.22. The van der Waals surface area contributed by atoms with Crippen LogP contribution in [-0.2, 0) is 4.79 Å². The van der Waals surface area contributed by atoms with E-state index in [4.69, 9.17) is 9.73 Å². The molecule has 0 bridgehead atoms. The second kappa shape index (κ2) is 11.8. The molecule has 4 aromatic rings. The molecule has 0 aliphatic carbocycles. The number of nitrogens with zero attached hydrogens (tertiary/aromatic N) is 4. The number of aromatic nitrogens is 1. The number of aromatic amines is 1. The Morgan fingerprint density at radius 1 is 0.976 bits per heavy atom. The molecule has 1 aliphatic heterocycles. The third kappa shape index (κ3) is 6.08. The zero-order valence-corrected chi connectivity index (χ0v) is 23.3. The smallest absolute Gasteiger partial charge is 0.335 e. The second-order valence-electron chi connectivity index (χ2n) is 10.2. The van der Waals surface area contributed by atoms with Crippen LogP contribution in [0.4, 0.5) is 11.4 Å². The number of amides is 1. The lowest BCUT2D eigenvalue weighted by Crippen LogP contribution is -2.48. The molecule has 0 radical (unpaired) electrons. The van der Waals surface area contributed by atoms with Gasteiger partial charge >= 0.3 is 5.97 Å². The minimum absolute atomic E-state index is 0.0164. The normalized spacial score (nSPS) is 14.8. The van der Waals surface area contributed by atoms with Crippen molar-refractivity contribution in [3.63, 3.8) is 0 Å². The predicted molar refractivity (Wildman–Crippen MR) is 159 cm³/mol. The molecule has 212 valence electrons. The van der Waals surface area contributed by atoms with Crippen LogP contribution < -0.4 is 9.64 Å². The summed E-state index contributed by atoms with van der Waals surface area (Å²) in [4.78, 5) is 38.5. The zero-order valence-electron chi connectivity index (χ0n) is 23.3. The van der Waals surface area contributed by atoms with Gasteiger partial charge in [-0.1, -0.05) is 0 Å². The molecule has 0 spiro atoms. The lowest BCUT2D eigenvalue weighted by Gasteiger charge is -2.32. The average molecular weight is 556 g/mol. The van der Waals surface area contributed by atoms with E-state index in [0.29, 0.717) is 45.7 Å². The van der Waals surface area contributed by atoms with Crippen LogP contribution in [0.25, 0.3) is 10.9 Å². The number of carbonyl (C=O) groups is 2. The highest BCUT2D eigenvalue weighted by Crippen LogP contribution is 2.33. The van der Waals surface area contributed by atoms with Crippen molar-refractivity contribution >= 4 is 39.9 Å². The van der Waals surface area contributed by atoms with Crippen LogP contribution in [0.5, 0.6) is 11.6 Å². The number of nitrogens with one attached hydrogen (secondary N) is 1. The third-order valence-electron chi connectivity index (χ3n) is 7.43. The average Bonchev–Trinajstić information content (AvgIpc) is 3.31. The van der Waals surface area contributed by atoms with Crippen molar-refractivity contribution < 1.29 is 24.5 Å². The molecule has 5 rings (SSSR count). The predicted octanol–water partition coefficient (Wildman–Crippen LogP) is 3.96. The molecule has 0 saturated carbocycles. The van der Waals surface area contributed by atoms with Gasteiger partial charge in [0.25, 0.3) is 0 Å². The number of hydrogen-bond donors (Lipinski definition) is 3. The lowest BCUT2D eigenvalue weighted by atomic mass is 9.99. The first-order chi connectivity index (χ1) is 19.7. The number of methoxy groups -OCH3 is 1. The molecule has 0 atom stereocenters. The van der Waals surface area contributed by atoms with Gasteiger partial charge in [-0.2, -0.15) is 0 Å². The molecule has 0 unspecified atom stereocenters. The molecular weight excluding hydrogens is 522 g/mol. The Hall–Kier alpha value is -4.67. The first-order valence-electron chi connectivity index (χ1n) is 13.3. The van der Waals surface area contributed by atoms with Gasteiger partial charge in [0.2, 0.25) is 5.91 Å². The largest absolute Gasteiger partial charge is 0.497 e. The van der Waals surface area contributed by atoms with Crippen molar-refractivity contribution in [3.05, 3.63) is 83.4 Å². The summed E-state index contributed by atoms with van der Waals surface area (Å²) < 4.78 is 5.30. The van der Waals surface area contributed by atoms with Crippen molar-refractivity contribution in [1.82, 2.24) is 14.8 Å². The number of likely N-dealkylation sites (N-methyl/N-ethyl adjacent to an activating group) is 2. The molecule has 41 heavy (non-hydrogen) atoms.